The molecule has 0 aromatic rings. The average Bonchev–Trinajstić information content (AvgIpc) is 2.76. The Kier molecular flexibility index (Phi) is 4.62. The van der Waals surface area contributed by atoms with E-state index in [2.05, 4.69) is 4.90 Å². The van der Waals surface area contributed by atoms with Crippen LogP contribution >= 0.6 is 0 Å². The normalized spacial score (nSPS) is 35.6. The van der Waals surface area contributed by atoms with Crippen molar-refractivity contribution in [2.75, 3.05) is 6.54 Å². The van der Waals surface area contributed by atoms with Crippen LogP contribution in [0, 0.1) is 5.92 Å². The number of aliphatic hydroxyl groups is 1. The first-order chi connectivity index (χ1) is 8.65. The number of nitrogens with zero attached hydrogens (tertiary/aromatic N) is 1. The number of carboxylic acid groups (broad SMARTS) is 1. The molecule has 0 spiro atoms. The Bertz CT molecular complexity index is 295. The summed E-state index contributed by atoms with van der Waals surface area (Å²) in [5, 5.41) is 19.4. The third kappa shape index (κ3) is 2.69. The van der Waals surface area contributed by atoms with Gasteiger partial charge in [0, 0.05) is 12.0 Å². The van der Waals surface area contributed by atoms with Crippen molar-refractivity contribution in [1.82, 2.24) is 4.90 Å². The van der Waals surface area contributed by atoms with Crippen LogP contribution in [-0.2, 0) is 4.79 Å². The number of carboxylic acids is 1. The van der Waals surface area contributed by atoms with Crippen LogP contribution in [0.3, 0.4) is 0 Å². The zero-order valence-electron chi connectivity index (χ0n) is 11.2. The summed E-state index contributed by atoms with van der Waals surface area (Å²) in [6.45, 7) is 2.81. The van der Waals surface area contributed by atoms with Gasteiger partial charge in [-0.25, -0.2) is 0 Å². The lowest BCUT2D eigenvalue weighted by molar-refractivity contribution is -0.146. The fraction of sp³-hybridized carbons (Fsp3) is 0.929. The smallest absolute Gasteiger partial charge is 0.320 e. The fourth-order valence-corrected chi connectivity index (χ4v) is 3.80. The highest BCUT2D eigenvalue weighted by atomic mass is 16.4. The molecule has 2 N–H and O–H groups in total. The first-order valence-electron chi connectivity index (χ1n) is 7.31. The molecular weight excluding hydrogens is 230 g/mol. The standard InChI is InChI=1S/C14H25NO3/c1-2-11(14(17)18)15-9-4-3-7-12(15)10-6-5-8-13(10)16/h10-13,16H,2-9H2,1H3,(H,17,18). The van der Waals surface area contributed by atoms with Gasteiger partial charge in [0.2, 0.25) is 0 Å². The van der Waals surface area contributed by atoms with E-state index >= 15 is 0 Å². The van der Waals surface area contributed by atoms with Crippen LogP contribution in [0.15, 0.2) is 0 Å². The number of likely N-dealkylation sites (tertiary alicyclic amines) is 1. The second-order valence-electron chi connectivity index (χ2n) is 5.73. The quantitative estimate of drug-likeness (QED) is 0.805. The van der Waals surface area contributed by atoms with Gasteiger partial charge in [0.05, 0.1) is 6.10 Å². The van der Waals surface area contributed by atoms with E-state index in [1.807, 2.05) is 6.92 Å². The van der Waals surface area contributed by atoms with E-state index in [1.54, 1.807) is 0 Å². The second kappa shape index (κ2) is 6.02. The van der Waals surface area contributed by atoms with E-state index in [-0.39, 0.29) is 18.2 Å². The fourth-order valence-electron chi connectivity index (χ4n) is 3.80. The molecule has 4 nitrogen and oxygen atoms in total. The van der Waals surface area contributed by atoms with E-state index in [0.29, 0.717) is 12.3 Å². The second-order valence-corrected chi connectivity index (χ2v) is 5.73. The van der Waals surface area contributed by atoms with E-state index in [9.17, 15) is 15.0 Å². The molecule has 4 atom stereocenters. The van der Waals surface area contributed by atoms with Crippen LogP contribution < -0.4 is 0 Å². The van der Waals surface area contributed by atoms with Crippen molar-refractivity contribution in [2.24, 2.45) is 5.92 Å². The van der Waals surface area contributed by atoms with Gasteiger partial charge in [-0.1, -0.05) is 19.8 Å². The van der Waals surface area contributed by atoms with Gasteiger partial charge in [0.1, 0.15) is 6.04 Å². The van der Waals surface area contributed by atoms with Crippen molar-refractivity contribution in [3.8, 4) is 0 Å². The van der Waals surface area contributed by atoms with Gasteiger partial charge in [-0.3, -0.25) is 9.69 Å². The Morgan fingerprint density at radius 2 is 2.06 bits per heavy atom. The minimum Gasteiger partial charge on any atom is -0.480 e. The third-order valence-electron chi connectivity index (χ3n) is 4.69. The van der Waals surface area contributed by atoms with E-state index in [1.165, 1.54) is 6.42 Å². The monoisotopic (exact) mass is 255 g/mol. The van der Waals surface area contributed by atoms with Crippen molar-refractivity contribution < 1.29 is 15.0 Å². The molecule has 0 radical (unpaired) electrons. The number of carbonyl (C=O) groups is 1. The average molecular weight is 255 g/mol. The number of hydrogen-bond donors (Lipinski definition) is 2. The van der Waals surface area contributed by atoms with Crippen LogP contribution in [0.4, 0.5) is 0 Å². The highest BCUT2D eigenvalue weighted by Gasteiger charge is 2.40. The first kappa shape index (κ1) is 13.8. The molecule has 1 aliphatic heterocycles. The SMILES string of the molecule is CCC(C(=O)O)N1CCCCC1C1CCCC1O. The molecular formula is C14H25NO3. The number of rotatable bonds is 4. The van der Waals surface area contributed by atoms with Gasteiger partial charge in [-0.15, -0.1) is 0 Å². The topological polar surface area (TPSA) is 60.8 Å². The summed E-state index contributed by atoms with van der Waals surface area (Å²) in [4.78, 5) is 13.5. The molecule has 4 unspecified atom stereocenters. The molecule has 1 saturated carbocycles. The third-order valence-corrected chi connectivity index (χ3v) is 4.69. The van der Waals surface area contributed by atoms with Crippen molar-refractivity contribution >= 4 is 5.97 Å². The molecule has 2 aliphatic rings. The molecule has 1 aliphatic carbocycles. The molecule has 0 aromatic heterocycles. The van der Waals surface area contributed by atoms with Gasteiger partial charge in [0.25, 0.3) is 0 Å². The summed E-state index contributed by atoms with van der Waals surface area (Å²) in [6.07, 6.45) is 6.75. The van der Waals surface area contributed by atoms with Crippen LogP contribution in [0.25, 0.3) is 0 Å². The Morgan fingerprint density at radius 1 is 1.28 bits per heavy atom. The Morgan fingerprint density at radius 3 is 2.61 bits per heavy atom. The molecule has 0 amide bonds. The highest BCUT2D eigenvalue weighted by molar-refractivity contribution is 5.73. The molecule has 104 valence electrons. The minimum absolute atomic E-state index is 0.220. The Balaban J connectivity index is 2.12. The maximum absolute atomic E-state index is 11.4. The molecule has 18 heavy (non-hydrogen) atoms. The van der Waals surface area contributed by atoms with Gasteiger partial charge in [0.15, 0.2) is 0 Å². The van der Waals surface area contributed by atoms with Crippen LogP contribution in [0.5, 0.6) is 0 Å². The number of piperidine rings is 1. The summed E-state index contributed by atoms with van der Waals surface area (Å²) < 4.78 is 0. The predicted octanol–water partition coefficient (Wildman–Crippen LogP) is 1.87. The number of hydrogen-bond acceptors (Lipinski definition) is 3. The van der Waals surface area contributed by atoms with Crippen molar-refractivity contribution in [3.05, 3.63) is 0 Å². The highest BCUT2D eigenvalue weighted by Crippen LogP contribution is 2.36. The Hall–Kier alpha value is -0.610. The molecule has 2 fully saturated rings. The van der Waals surface area contributed by atoms with Crippen LogP contribution in [0.1, 0.15) is 51.9 Å². The summed E-state index contributed by atoms with van der Waals surface area (Å²) in [6, 6.07) is -0.0969. The van der Waals surface area contributed by atoms with Crippen molar-refractivity contribution in [3.63, 3.8) is 0 Å². The molecule has 0 bridgehead atoms. The van der Waals surface area contributed by atoms with Gasteiger partial charge < -0.3 is 10.2 Å². The number of aliphatic hydroxyl groups excluding tert-OH is 1. The predicted molar refractivity (Wildman–Crippen MR) is 69.4 cm³/mol. The lowest BCUT2D eigenvalue weighted by atomic mass is 9.86. The van der Waals surface area contributed by atoms with Crippen molar-refractivity contribution in [1.29, 1.82) is 0 Å². The molecule has 1 saturated heterocycles. The number of aliphatic carboxylic acids is 1. The molecule has 0 aromatic carbocycles. The summed E-state index contributed by atoms with van der Waals surface area (Å²) in [5.74, 6) is -0.421. The van der Waals surface area contributed by atoms with Gasteiger partial charge >= 0.3 is 5.97 Å². The maximum atomic E-state index is 11.4. The molecule has 2 rings (SSSR count). The van der Waals surface area contributed by atoms with Gasteiger partial charge in [-0.2, -0.15) is 0 Å². The first-order valence-corrected chi connectivity index (χ1v) is 7.31. The van der Waals surface area contributed by atoms with Crippen molar-refractivity contribution in [2.45, 2.75) is 70.1 Å². The zero-order chi connectivity index (χ0) is 13.1. The Labute approximate surface area is 109 Å². The summed E-state index contributed by atoms with van der Waals surface area (Å²) in [7, 11) is 0. The summed E-state index contributed by atoms with van der Waals surface area (Å²) in [5.41, 5.74) is 0. The molecule has 1 heterocycles. The summed E-state index contributed by atoms with van der Waals surface area (Å²) >= 11 is 0. The van der Waals surface area contributed by atoms with E-state index < -0.39 is 5.97 Å². The van der Waals surface area contributed by atoms with Crippen LogP contribution in [-0.4, -0.2) is 45.8 Å². The largest absolute Gasteiger partial charge is 0.480 e. The van der Waals surface area contributed by atoms with E-state index in [0.717, 1.165) is 38.6 Å². The van der Waals surface area contributed by atoms with Crippen LogP contribution in [0.2, 0.25) is 0 Å². The zero-order valence-corrected chi connectivity index (χ0v) is 11.2. The maximum Gasteiger partial charge on any atom is 0.320 e. The lowest BCUT2D eigenvalue weighted by Crippen LogP contribution is -2.53. The molecule has 4 heteroatoms. The van der Waals surface area contributed by atoms with Gasteiger partial charge in [-0.05, 0) is 38.6 Å². The minimum atomic E-state index is -0.711. The lowest BCUT2D eigenvalue weighted by Gasteiger charge is -2.43. The van der Waals surface area contributed by atoms with E-state index in [4.69, 9.17) is 0 Å².